The van der Waals surface area contributed by atoms with Gasteiger partial charge in [-0.2, -0.15) is 0 Å². The van der Waals surface area contributed by atoms with E-state index in [9.17, 15) is 4.79 Å². The summed E-state index contributed by atoms with van der Waals surface area (Å²) in [4.78, 5) is 14.3. The molecule has 0 atom stereocenters. The molecule has 4 nitrogen and oxygen atoms in total. The molecule has 1 saturated heterocycles. The number of carbonyl (C=O) groups excluding carboxylic acids is 1. The van der Waals surface area contributed by atoms with Crippen LogP contribution in [0.4, 0.5) is 0 Å². The molecule has 0 unspecified atom stereocenters. The molecule has 0 spiro atoms. The molecule has 0 bridgehead atoms. The molecular formula is C16H21NO3. The van der Waals surface area contributed by atoms with Crippen LogP contribution in [0.3, 0.4) is 0 Å². The maximum absolute atomic E-state index is 12.4. The van der Waals surface area contributed by atoms with Gasteiger partial charge in [-0.25, -0.2) is 0 Å². The van der Waals surface area contributed by atoms with Gasteiger partial charge in [0, 0.05) is 13.1 Å². The van der Waals surface area contributed by atoms with Gasteiger partial charge >= 0.3 is 0 Å². The van der Waals surface area contributed by atoms with E-state index in [2.05, 4.69) is 5.92 Å². The van der Waals surface area contributed by atoms with Crippen molar-refractivity contribution in [3.05, 3.63) is 23.2 Å². The number of furan rings is 1. The second-order valence-electron chi connectivity index (χ2n) is 5.28. The Morgan fingerprint density at radius 2 is 2.20 bits per heavy atom. The number of rotatable bonds is 4. The summed E-state index contributed by atoms with van der Waals surface area (Å²) in [5, 5.41) is 0. The first-order chi connectivity index (χ1) is 9.61. The largest absolute Gasteiger partial charge is 0.466 e. The van der Waals surface area contributed by atoms with Crippen LogP contribution in [0, 0.1) is 32.1 Å². The highest BCUT2D eigenvalue weighted by Crippen LogP contribution is 2.22. The molecule has 1 aromatic heterocycles. The number of hydrogen-bond acceptors (Lipinski definition) is 3. The third-order valence-electron chi connectivity index (χ3n) is 3.71. The fraction of sp³-hybridized carbons (Fsp3) is 0.562. The van der Waals surface area contributed by atoms with E-state index in [1.807, 2.05) is 24.8 Å². The molecule has 0 aliphatic carbocycles. The van der Waals surface area contributed by atoms with Gasteiger partial charge in [0.2, 0.25) is 0 Å². The molecule has 0 radical (unpaired) electrons. The van der Waals surface area contributed by atoms with E-state index in [0.29, 0.717) is 30.5 Å². The highest BCUT2D eigenvalue weighted by Gasteiger charge is 2.25. The predicted octanol–water partition coefficient (Wildman–Crippen LogP) is 2.40. The van der Waals surface area contributed by atoms with Gasteiger partial charge in [0.25, 0.3) is 5.91 Å². The van der Waals surface area contributed by atoms with Crippen molar-refractivity contribution in [1.29, 1.82) is 0 Å². The summed E-state index contributed by atoms with van der Waals surface area (Å²) in [5.74, 6) is 4.52. The van der Waals surface area contributed by atoms with Crippen molar-refractivity contribution in [2.45, 2.75) is 26.7 Å². The van der Waals surface area contributed by atoms with Crippen molar-refractivity contribution in [1.82, 2.24) is 4.90 Å². The zero-order valence-corrected chi connectivity index (χ0v) is 12.1. The summed E-state index contributed by atoms with van der Waals surface area (Å²) < 4.78 is 10.8. The van der Waals surface area contributed by atoms with Crippen molar-refractivity contribution in [2.24, 2.45) is 5.92 Å². The Balaban J connectivity index is 1.86. The van der Waals surface area contributed by atoms with E-state index < -0.39 is 0 Å². The van der Waals surface area contributed by atoms with Crippen LogP contribution in [-0.4, -0.2) is 37.1 Å². The molecule has 1 fully saturated rings. The van der Waals surface area contributed by atoms with Gasteiger partial charge in [0.05, 0.1) is 12.2 Å². The van der Waals surface area contributed by atoms with Gasteiger partial charge in [0.15, 0.2) is 0 Å². The molecule has 1 aromatic rings. The Labute approximate surface area is 120 Å². The van der Waals surface area contributed by atoms with Crippen LogP contribution < -0.4 is 0 Å². The van der Waals surface area contributed by atoms with Gasteiger partial charge in [-0.3, -0.25) is 4.79 Å². The highest BCUT2D eigenvalue weighted by atomic mass is 16.5. The number of amides is 1. The second-order valence-corrected chi connectivity index (χ2v) is 5.28. The first-order valence-electron chi connectivity index (χ1n) is 6.99. The normalized spacial score (nSPS) is 16.1. The smallest absolute Gasteiger partial charge is 0.257 e. The predicted molar refractivity (Wildman–Crippen MR) is 76.5 cm³/mol. The third-order valence-corrected chi connectivity index (χ3v) is 3.71. The van der Waals surface area contributed by atoms with E-state index >= 15 is 0 Å². The summed E-state index contributed by atoms with van der Waals surface area (Å²) in [6.07, 6.45) is 7.08. The zero-order valence-electron chi connectivity index (χ0n) is 12.1. The number of carbonyl (C=O) groups is 1. The molecule has 2 rings (SSSR count). The Hall–Kier alpha value is -1.73. The highest BCUT2D eigenvalue weighted by molar-refractivity contribution is 5.95. The van der Waals surface area contributed by atoms with Crippen molar-refractivity contribution >= 4 is 5.91 Å². The van der Waals surface area contributed by atoms with Crippen molar-refractivity contribution < 1.29 is 13.9 Å². The number of nitrogens with zero attached hydrogens (tertiary/aromatic N) is 1. The van der Waals surface area contributed by atoms with Crippen molar-refractivity contribution in [3.63, 3.8) is 0 Å². The van der Waals surface area contributed by atoms with Crippen LogP contribution in [0.2, 0.25) is 0 Å². The lowest BCUT2D eigenvalue weighted by Crippen LogP contribution is -2.39. The van der Waals surface area contributed by atoms with Crippen LogP contribution >= 0.6 is 0 Å². The van der Waals surface area contributed by atoms with Gasteiger partial charge in [-0.05, 0) is 38.7 Å². The minimum absolute atomic E-state index is 0.0716. The lowest BCUT2D eigenvalue weighted by atomic mass is 9.97. The summed E-state index contributed by atoms with van der Waals surface area (Å²) >= 11 is 0. The minimum Gasteiger partial charge on any atom is -0.466 e. The minimum atomic E-state index is 0.0716. The Morgan fingerprint density at radius 1 is 1.50 bits per heavy atom. The summed E-state index contributed by atoms with van der Waals surface area (Å²) in [5.41, 5.74) is 0.685. The molecular weight excluding hydrogens is 254 g/mol. The molecule has 1 amide bonds. The molecule has 1 aliphatic heterocycles. The number of piperidine rings is 1. The topological polar surface area (TPSA) is 42.7 Å². The second kappa shape index (κ2) is 6.62. The van der Waals surface area contributed by atoms with Crippen molar-refractivity contribution in [2.75, 3.05) is 26.3 Å². The Kier molecular flexibility index (Phi) is 4.86. The fourth-order valence-electron chi connectivity index (χ4n) is 2.60. The lowest BCUT2D eigenvalue weighted by Gasteiger charge is -2.31. The molecule has 0 aromatic carbocycles. The summed E-state index contributed by atoms with van der Waals surface area (Å²) in [6.45, 7) is 6.29. The molecule has 0 saturated carbocycles. The number of hydrogen-bond donors (Lipinski definition) is 0. The van der Waals surface area contributed by atoms with E-state index in [1.165, 1.54) is 0 Å². The zero-order chi connectivity index (χ0) is 14.5. The van der Waals surface area contributed by atoms with E-state index in [0.717, 1.165) is 31.7 Å². The molecule has 0 N–H and O–H groups in total. The van der Waals surface area contributed by atoms with E-state index in [-0.39, 0.29) is 5.91 Å². The average molecular weight is 275 g/mol. The molecule has 108 valence electrons. The summed E-state index contributed by atoms with van der Waals surface area (Å²) in [7, 11) is 0. The van der Waals surface area contributed by atoms with Crippen LogP contribution in [0.5, 0.6) is 0 Å². The quantitative estimate of drug-likeness (QED) is 0.626. The third kappa shape index (κ3) is 3.43. The number of aryl methyl sites for hydroxylation is 2. The first kappa shape index (κ1) is 14.7. The van der Waals surface area contributed by atoms with Gasteiger partial charge in [-0.15, -0.1) is 6.42 Å². The van der Waals surface area contributed by atoms with Gasteiger partial charge in [-0.1, -0.05) is 5.92 Å². The fourth-order valence-corrected chi connectivity index (χ4v) is 2.60. The Bertz CT molecular complexity index is 504. The van der Waals surface area contributed by atoms with E-state index in [1.54, 1.807) is 0 Å². The van der Waals surface area contributed by atoms with Crippen molar-refractivity contribution in [3.8, 4) is 12.3 Å². The monoisotopic (exact) mass is 275 g/mol. The van der Waals surface area contributed by atoms with Gasteiger partial charge < -0.3 is 14.1 Å². The number of terminal acetylenes is 1. The Morgan fingerprint density at radius 3 is 2.75 bits per heavy atom. The van der Waals surface area contributed by atoms with Crippen LogP contribution in [0.1, 0.15) is 34.7 Å². The summed E-state index contributed by atoms with van der Waals surface area (Å²) in [6, 6.07) is 1.82. The molecule has 4 heteroatoms. The van der Waals surface area contributed by atoms with Gasteiger partial charge in [0.1, 0.15) is 18.1 Å². The molecule has 20 heavy (non-hydrogen) atoms. The molecule has 2 heterocycles. The number of ether oxygens (including phenoxy) is 1. The SMILES string of the molecule is C#CCOCC1CCN(C(=O)c2cc(C)oc2C)CC1. The first-order valence-corrected chi connectivity index (χ1v) is 6.99. The molecule has 1 aliphatic rings. The maximum Gasteiger partial charge on any atom is 0.257 e. The van der Waals surface area contributed by atoms with Crippen LogP contribution in [0.25, 0.3) is 0 Å². The van der Waals surface area contributed by atoms with Crippen LogP contribution in [-0.2, 0) is 4.74 Å². The maximum atomic E-state index is 12.4. The average Bonchev–Trinajstić information content (AvgIpc) is 2.78. The van der Waals surface area contributed by atoms with E-state index in [4.69, 9.17) is 15.6 Å². The lowest BCUT2D eigenvalue weighted by molar-refractivity contribution is 0.0580. The number of likely N-dealkylation sites (tertiary alicyclic amines) is 1. The van der Waals surface area contributed by atoms with Crippen LogP contribution in [0.15, 0.2) is 10.5 Å². The standard InChI is InChI=1S/C16H21NO3/c1-4-9-19-11-14-5-7-17(8-6-14)16(18)15-10-12(2)20-13(15)3/h1,10,14H,5-9,11H2,2-3H3.